The Morgan fingerprint density at radius 1 is 1.08 bits per heavy atom. The second-order valence-corrected chi connectivity index (χ2v) is 8.51. The molecule has 0 aliphatic carbocycles. The van der Waals surface area contributed by atoms with Crippen LogP contribution >= 0.6 is 15.9 Å². The fourth-order valence-electron chi connectivity index (χ4n) is 2.21. The first-order chi connectivity index (χ1) is 11.9. The van der Waals surface area contributed by atoms with Gasteiger partial charge in [-0.3, -0.25) is 0 Å². The average molecular weight is 422 g/mol. The van der Waals surface area contributed by atoms with Gasteiger partial charge in [0.25, 0.3) is 0 Å². The van der Waals surface area contributed by atoms with Crippen molar-refractivity contribution in [3.8, 4) is 11.4 Å². The van der Waals surface area contributed by atoms with E-state index in [0.29, 0.717) is 11.4 Å². The van der Waals surface area contributed by atoms with Crippen molar-refractivity contribution in [2.24, 2.45) is 0 Å². The van der Waals surface area contributed by atoms with Crippen LogP contribution in [0.25, 0.3) is 11.4 Å². The normalized spacial score (nSPS) is 11.8. The van der Waals surface area contributed by atoms with Crippen LogP contribution in [0.2, 0.25) is 0 Å². The maximum Gasteiger partial charge on any atom is 0.242 e. The average Bonchev–Trinajstić information content (AvgIpc) is 3.06. The lowest BCUT2D eigenvalue weighted by Gasteiger charge is -2.15. The molecule has 3 rings (SSSR count). The lowest BCUT2D eigenvalue weighted by atomic mass is 10.2. The van der Waals surface area contributed by atoms with Crippen molar-refractivity contribution in [3.05, 3.63) is 70.5 Å². The monoisotopic (exact) mass is 421 g/mol. The Morgan fingerprint density at radius 3 is 2.44 bits per heavy atom. The zero-order valence-electron chi connectivity index (χ0n) is 13.5. The third kappa shape index (κ3) is 4.53. The van der Waals surface area contributed by atoms with Crippen LogP contribution in [0.4, 0.5) is 0 Å². The second kappa shape index (κ2) is 7.47. The molecule has 6 nitrogen and oxygen atoms in total. The second-order valence-electron chi connectivity index (χ2n) is 5.52. The van der Waals surface area contributed by atoms with Crippen molar-refractivity contribution < 1.29 is 12.9 Å². The van der Waals surface area contributed by atoms with Crippen LogP contribution in [0.3, 0.4) is 0 Å². The first-order valence-corrected chi connectivity index (χ1v) is 9.91. The number of aromatic nitrogens is 2. The number of halogens is 1. The predicted molar refractivity (Wildman–Crippen MR) is 98.0 cm³/mol. The first kappa shape index (κ1) is 17.8. The summed E-state index contributed by atoms with van der Waals surface area (Å²) < 4.78 is 32.3. The highest BCUT2D eigenvalue weighted by atomic mass is 79.9. The molecule has 3 aromatic rings. The Hall–Kier alpha value is -2.03. The number of hydrogen-bond acceptors (Lipinski definition) is 5. The van der Waals surface area contributed by atoms with Crippen molar-refractivity contribution in [1.82, 2.24) is 14.4 Å². The zero-order chi connectivity index (χ0) is 17.9. The molecule has 0 saturated heterocycles. The highest BCUT2D eigenvalue weighted by Crippen LogP contribution is 2.18. The summed E-state index contributed by atoms with van der Waals surface area (Å²) >= 11 is 3.33. The third-order valence-electron chi connectivity index (χ3n) is 3.60. The first-order valence-electron chi connectivity index (χ1n) is 7.50. The van der Waals surface area contributed by atoms with Crippen LogP contribution in [-0.4, -0.2) is 29.9 Å². The highest BCUT2D eigenvalue weighted by Gasteiger charge is 2.21. The van der Waals surface area contributed by atoms with Crippen molar-refractivity contribution >= 4 is 26.0 Å². The van der Waals surface area contributed by atoms with Crippen LogP contribution in [0.1, 0.15) is 11.5 Å². The predicted octanol–water partition coefficient (Wildman–Crippen LogP) is 3.46. The molecule has 0 aliphatic rings. The lowest BCUT2D eigenvalue weighted by Crippen LogP contribution is -2.27. The Bertz CT molecular complexity index is 941. The smallest absolute Gasteiger partial charge is 0.242 e. The van der Waals surface area contributed by atoms with E-state index in [4.69, 9.17) is 4.52 Å². The fraction of sp³-hybridized carbons (Fsp3) is 0.176. The Balaban J connectivity index is 1.70. The van der Waals surface area contributed by atoms with Gasteiger partial charge in [0.1, 0.15) is 0 Å². The van der Waals surface area contributed by atoms with E-state index >= 15 is 0 Å². The Labute approximate surface area is 154 Å². The molecule has 1 aromatic heterocycles. The van der Waals surface area contributed by atoms with Crippen molar-refractivity contribution in [3.63, 3.8) is 0 Å². The van der Waals surface area contributed by atoms with Gasteiger partial charge in [0.05, 0.1) is 12.3 Å². The molecule has 1 heterocycles. The van der Waals surface area contributed by atoms with Crippen molar-refractivity contribution in [1.29, 1.82) is 0 Å². The van der Waals surface area contributed by atoms with Gasteiger partial charge in [-0.15, -0.1) is 0 Å². The van der Waals surface area contributed by atoms with Gasteiger partial charge in [-0.1, -0.05) is 63.6 Å². The topological polar surface area (TPSA) is 76.3 Å². The number of rotatable bonds is 6. The molecular weight excluding hydrogens is 406 g/mol. The van der Waals surface area contributed by atoms with Crippen LogP contribution in [0.15, 0.2) is 63.6 Å². The van der Waals surface area contributed by atoms with E-state index in [2.05, 4.69) is 26.1 Å². The van der Waals surface area contributed by atoms with Gasteiger partial charge in [-0.25, -0.2) is 8.42 Å². The summed E-state index contributed by atoms with van der Waals surface area (Å²) in [4.78, 5) is 4.26. The van der Waals surface area contributed by atoms with E-state index in [-0.39, 0.29) is 18.2 Å². The molecule has 0 N–H and O–H groups in total. The molecule has 0 spiro atoms. The molecule has 2 aromatic carbocycles. The minimum atomic E-state index is -3.49. The lowest BCUT2D eigenvalue weighted by molar-refractivity contribution is 0.336. The number of sulfonamides is 1. The number of benzene rings is 2. The molecule has 8 heteroatoms. The molecule has 0 unspecified atom stereocenters. The molecule has 0 bridgehead atoms. The maximum absolute atomic E-state index is 12.5. The summed E-state index contributed by atoms with van der Waals surface area (Å²) in [6.45, 7) is 0.0265. The van der Waals surface area contributed by atoms with E-state index in [0.717, 1.165) is 10.0 Å². The van der Waals surface area contributed by atoms with Gasteiger partial charge in [0, 0.05) is 17.1 Å². The van der Waals surface area contributed by atoms with Crippen LogP contribution in [-0.2, 0) is 22.3 Å². The van der Waals surface area contributed by atoms with Gasteiger partial charge in [-0.2, -0.15) is 9.29 Å². The molecule has 0 aliphatic heterocycles. The quantitative estimate of drug-likeness (QED) is 0.608. The van der Waals surface area contributed by atoms with E-state index in [9.17, 15) is 8.42 Å². The minimum absolute atomic E-state index is 0.0265. The van der Waals surface area contributed by atoms with E-state index < -0.39 is 10.0 Å². The molecule has 0 amide bonds. The SMILES string of the molecule is CN(Cc1nc(-c2ccccc2)no1)S(=O)(=O)Cc1ccc(Br)cc1. The standard InChI is InChI=1S/C17H16BrN3O3S/c1-21(25(22,23)12-13-7-9-15(18)10-8-13)11-16-19-17(20-24-16)14-5-3-2-4-6-14/h2-10H,11-12H2,1H3. The summed E-state index contributed by atoms with van der Waals surface area (Å²) in [6, 6.07) is 16.5. The highest BCUT2D eigenvalue weighted by molar-refractivity contribution is 9.10. The molecule has 0 saturated carbocycles. The van der Waals surface area contributed by atoms with Crippen LogP contribution < -0.4 is 0 Å². The third-order valence-corrected chi connectivity index (χ3v) is 5.90. The van der Waals surface area contributed by atoms with E-state index in [1.54, 1.807) is 12.1 Å². The summed E-state index contributed by atoms with van der Waals surface area (Å²) in [5.41, 5.74) is 1.53. The fourth-order valence-corrected chi connectivity index (χ4v) is 3.62. The summed E-state index contributed by atoms with van der Waals surface area (Å²) in [5.74, 6) is 0.603. The molecule has 25 heavy (non-hydrogen) atoms. The van der Waals surface area contributed by atoms with Gasteiger partial charge in [0.2, 0.25) is 21.7 Å². The van der Waals surface area contributed by atoms with Gasteiger partial charge < -0.3 is 4.52 Å². The molecule has 0 radical (unpaired) electrons. The van der Waals surface area contributed by atoms with Crippen molar-refractivity contribution in [2.75, 3.05) is 7.05 Å². The summed E-state index contributed by atoms with van der Waals surface area (Å²) in [7, 11) is -1.99. The van der Waals surface area contributed by atoms with E-state index in [1.807, 2.05) is 42.5 Å². The number of nitrogens with zero attached hydrogens (tertiary/aromatic N) is 3. The zero-order valence-corrected chi connectivity index (χ0v) is 15.9. The van der Waals surface area contributed by atoms with Crippen LogP contribution in [0, 0.1) is 0 Å². The van der Waals surface area contributed by atoms with Gasteiger partial charge in [0.15, 0.2) is 0 Å². The van der Waals surface area contributed by atoms with Gasteiger partial charge >= 0.3 is 0 Å². The molecule has 130 valence electrons. The molecular formula is C17H16BrN3O3S. The maximum atomic E-state index is 12.5. The summed E-state index contributed by atoms with van der Waals surface area (Å²) in [5, 5.41) is 3.90. The summed E-state index contributed by atoms with van der Waals surface area (Å²) in [6.07, 6.45) is 0. The van der Waals surface area contributed by atoms with E-state index in [1.165, 1.54) is 11.4 Å². The van der Waals surface area contributed by atoms with Gasteiger partial charge in [-0.05, 0) is 17.7 Å². The minimum Gasteiger partial charge on any atom is -0.338 e. The Morgan fingerprint density at radius 2 is 1.76 bits per heavy atom. The van der Waals surface area contributed by atoms with Crippen LogP contribution in [0.5, 0.6) is 0 Å². The molecule has 0 atom stereocenters. The van der Waals surface area contributed by atoms with Crippen molar-refractivity contribution in [2.45, 2.75) is 12.3 Å². The Kier molecular flexibility index (Phi) is 5.31. The largest absolute Gasteiger partial charge is 0.338 e. The number of hydrogen-bond donors (Lipinski definition) is 0. The molecule has 0 fully saturated rings.